The minimum atomic E-state index is -1.76. The Morgan fingerprint density at radius 1 is 1.34 bits per heavy atom. The summed E-state index contributed by atoms with van der Waals surface area (Å²) in [6, 6.07) is 5.97. The van der Waals surface area contributed by atoms with Gasteiger partial charge in [0.1, 0.15) is 18.0 Å². The maximum atomic E-state index is 12.8. The molecule has 2 aliphatic heterocycles. The average molecular weight is 557 g/mol. The van der Waals surface area contributed by atoms with E-state index >= 15 is 0 Å². The lowest BCUT2D eigenvalue weighted by atomic mass is 10.0. The molecule has 0 bridgehead atoms. The van der Waals surface area contributed by atoms with Crippen LogP contribution in [0.15, 0.2) is 41.5 Å². The zero-order valence-electron chi connectivity index (χ0n) is 16.7. The van der Waals surface area contributed by atoms with Gasteiger partial charge in [-0.1, -0.05) is 53.0 Å². The van der Waals surface area contributed by atoms with Gasteiger partial charge in [-0.2, -0.15) is 0 Å². The molecule has 3 rings (SSSR count). The summed E-state index contributed by atoms with van der Waals surface area (Å²) in [6.07, 6.45) is 0. The minimum Gasteiger partial charge on any atom is -0.460 e. The van der Waals surface area contributed by atoms with E-state index in [0.29, 0.717) is 10.7 Å². The summed E-state index contributed by atoms with van der Waals surface area (Å²) in [6.45, 7) is 6.45. The van der Waals surface area contributed by atoms with Crippen LogP contribution in [0.2, 0.25) is 5.02 Å². The maximum Gasteiger partial charge on any atom is 0.328 e. The third kappa shape index (κ3) is 5.51. The van der Waals surface area contributed by atoms with E-state index < -0.39 is 32.5 Å². The number of esters is 1. The number of hydrogen-bond donors (Lipinski definition) is 1. The van der Waals surface area contributed by atoms with Crippen molar-refractivity contribution < 1.29 is 19.1 Å². The van der Waals surface area contributed by atoms with Gasteiger partial charge in [-0.25, -0.2) is 4.99 Å². The van der Waals surface area contributed by atoms with Gasteiger partial charge < -0.3 is 10.1 Å². The molecule has 13 heteroatoms. The first-order valence-corrected chi connectivity index (χ1v) is 12.3. The molecule has 2 unspecified atom stereocenters. The molecule has 2 saturated heterocycles. The van der Waals surface area contributed by atoms with Crippen LogP contribution in [0.5, 0.6) is 0 Å². The number of carbonyl (C=O) groups is 3. The van der Waals surface area contributed by atoms with Crippen molar-refractivity contribution in [1.82, 2.24) is 10.2 Å². The fourth-order valence-electron chi connectivity index (χ4n) is 2.98. The third-order valence-corrected chi connectivity index (χ3v) is 7.44. The van der Waals surface area contributed by atoms with Crippen LogP contribution in [0.3, 0.4) is 0 Å². The number of nitrogens with zero attached hydrogens (tertiary/aromatic N) is 2. The molecular formula is C19H17Cl4N3O4S2. The molecular weight excluding hydrogens is 540 g/mol. The Kier molecular flexibility index (Phi) is 7.69. The minimum absolute atomic E-state index is 0.211. The predicted octanol–water partition coefficient (Wildman–Crippen LogP) is 4.67. The second kappa shape index (κ2) is 9.64. The fourth-order valence-corrected chi connectivity index (χ4v) is 5.41. The van der Waals surface area contributed by atoms with Crippen LogP contribution in [-0.2, 0) is 19.1 Å². The molecule has 2 heterocycles. The number of alkyl halides is 3. The molecule has 0 aliphatic carbocycles. The van der Waals surface area contributed by atoms with Crippen molar-refractivity contribution in [3.8, 4) is 0 Å². The molecule has 1 aromatic carbocycles. The molecule has 3 atom stereocenters. The monoisotopic (exact) mass is 555 g/mol. The van der Waals surface area contributed by atoms with E-state index in [1.807, 2.05) is 0 Å². The lowest BCUT2D eigenvalue weighted by Gasteiger charge is -2.42. The average Bonchev–Trinajstić information content (AvgIpc) is 2.93. The Morgan fingerprint density at radius 3 is 2.53 bits per heavy atom. The molecule has 0 radical (unpaired) electrons. The molecule has 2 aliphatic rings. The van der Waals surface area contributed by atoms with Gasteiger partial charge >= 0.3 is 5.97 Å². The highest BCUT2D eigenvalue weighted by Crippen LogP contribution is 2.53. The highest BCUT2D eigenvalue weighted by Gasteiger charge is 2.63. The van der Waals surface area contributed by atoms with E-state index in [1.54, 1.807) is 31.2 Å². The summed E-state index contributed by atoms with van der Waals surface area (Å²) < 4.78 is 2.12. The molecule has 172 valence electrons. The molecule has 0 saturated carbocycles. The van der Waals surface area contributed by atoms with Crippen LogP contribution in [-0.4, -0.2) is 53.6 Å². The van der Waals surface area contributed by atoms with Gasteiger partial charge in [0.15, 0.2) is 15.0 Å². The largest absolute Gasteiger partial charge is 0.460 e. The summed E-state index contributed by atoms with van der Waals surface area (Å²) in [5.74, 6) is -0.980. The second-order valence-corrected chi connectivity index (χ2v) is 12.7. The van der Waals surface area contributed by atoms with Gasteiger partial charge in [0, 0.05) is 17.6 Å². The van der Waals surface area contributed by atoms with E-state index in [9.17, 15) is 14.4 Å². The number of rotatable bonds is 4. The van der Waals surface area contributed by atoms with Crippen molar-refractivity contribution >= 4 is 97.8 Å². The zero-order valence-corrected chi connectivity index (χ0v) is 21.4. The first-order chi connectivity index (χ1) is 14.8. The Hall–Kier alpha value is -1.10. The van der Waals surface area contributed by atoms with Crippen molar-refractivity contribution in [2.75, 3.05) is 6.61 Å². The third-order valence-electron chi connectivity index (χ3n) is 4.57. The van der Waals surface area contributed by atoms with E-state index in [4.69, 9.17) is 51.1 Å². The number of nitrogens with one attached hydrogen (secondary N) is 1. The topological polar surface area (TPSA) is 88.1 Å². The van der Waals surface area contributed by atoms with Gasteiger partial charge in [0.2, 0.25) is 3.79 Å². The van der Waals surface area contributed by atoms with Crippen LogP contribution in [0.25, 0.3) is 0 Å². The van der Waals surface area contributed by atoms with Gasteiger partial charge in [-0.15, -0.1) is 11.8 Å². The number of amidine groups is 1. The van der Waals surface area contributed by atoms with E-state index in [2.05, 4.69) is 16.9 Å². The van der Waals surface area contributed by atoms with E-state index in [1.165, 1.54) is 23.6 Å². The van der Waals surface area contributed by atoms with Crippen molar-refractivity contribution in [2.24, 2.45) is 4.99 Å². The first-order valence-electron chi connectivity index (χ1n) is 9.05. The van der Waals surface area contributed by atoms with Crippen molar-refractivity contribution in [3.63, 3.8) is 0 Å². The molecule has 32 heavy (non-hydrogen) atoms. The number of carbonyl (C=O) groups excluding carboxylic acids is 3. The summed E-state index contributed by atoms with van der Waals surface area (Å²) >= 11 is 24.9. The summed E-state index contributed by atoms with van der Waals surface area (Å²) in [4.78, 5) is 43.0. The SMILES string of the molecule is C=C1N2C(=O)C(NC(=Nc3ccc(Cl)cc3)SC(C)=O)[C@H]2SC1(C)C(=O)OCC(Cl)(Cl)Cl. The smallest absolute Gasteiger partial charge is 0.328 e. The quantitative estimate of drug-likeness (QED) is 0.189. The lowest BCUT2D eigenvalue weighted by molar-refractivity contribution is -0.146. The van der Waals surface area contributed by atoms with Crippen LogP contribution in [0, 0.1) is 0 Å². The van der Waals surface area contributed by atoms with Gasteiger partial charge in [-0.05, 0) is 43.0 Å². The Labute approximate surface area is 213 Å². The Balaban J connectivity index is 1.76. The molecule has 7 nitrogen and oxygen atoms in total. The normalized spacial score (nSPS) is 25.3. The standard InChI is InChI=1S/C19H17Cl4N3O4S2/c1-9-18(3,16(29)30-8-19(21,22)23)32-15-13(14(28)26(9)15)25-17(31-10(2)27)24-12-6-4-11(20)5-7-12/h4-7,13,15H,1,8H2,2-3H3,(H,24,25)/t13?,15-,18?/m1/s1. The van der Waals surface area contributed by atoms with Crippen molar-refractivity contribution in [2.45, 2.75) is 33.8 Å². The highest BCUT2D eigenvalue weighted by atomic mass is 35.6. The summed E-state index contributed by atoms with van der Waals surface area (Å²) in [7, 11) is 0. The van der Waals surface area contributed by atoms with Crippen LogP contribution < -0.4 is 5.32 Å². The summed E-state index contributed by atoms with van der Waals surface area (Å²) in [5, 5.41) is 3.14. The lowest BCUT2D eigenvalue weighted by Crippen LogP contribution is -2.66. The van der Waals surface area contributed by atoms with Crippen LogP contribution in [0.1, 0.15) is 13.8 Å². The number of fused-ring (bicyclic) bond motifs is 1. The predicted molar refractivity (Wildman–Crippen MR) is 131 cm³/mol. The Morgan fingerprint density at radius 2 is 1.97 bits per heavy atom. The van der Waals surface area contributed by atoms with Gasteiger partial charge in [0.25, 0.3) is 5.91 Å². The van der Waals surface area contributed by atoms with Crippen LogP contribution in [0.4, 0.5) is 5.69 Å². The summed E-state index contributed by atoms with van der Waals surface area (Å²) in [5.41, 5.74) is 0.832. The number of hydrogen-bond acceptors (Lipinski definition) is 7. The number of ether oxygens (including phenoxy) is 1. The molecule has 1 aromatic rings. The van der Waals surface area contributed by atoms with Crippen molar-refractivity contribution in [1.29, 1.82) is 0 Å². The van der Waals surface area contributed by atoms with E-state index in [-0.39, 0.29) is 21.9 Å². The number of β-lactam (4-membered cyclic amide) rings is 1. The molecule has 1 N–H and O–H groups in total. The number of halogens is 4. The fraction of sp³-hybridized carbons (Fsp3) is 0.368. The van der Waals surface area contributed by atoms with Gasteiger partial charge in [0.05, 0.1) is 5.69 Å². The first kappa shape index (κ1) is 25.5. The van der Waals surface area contributed by atoms with E-state index in [0.717, 1.165) is 11.8 Å². The number of amides is 1. The number of thioether (sulfide) groups is 2. The molecule has 0 aromatic heterocycles. The molecule has 0 spiro atoms. The molecule has 1 amide bonds. The molecule has 2 fully saturated rings. The highest BCUT2D eigenvalue weighted by molar-refractivity contribution is 8.26. The van der Waals surface area contributed by atoms with Crippen LogP contribution >= 0.6 is 69.9 Å². The van der Waals surface area contributed by atoms with Crippen molar-refractivity contribution in [3.05, 3.63) is 41.6 Å². The number of benzene rings is 1. The van der Waals surface area contributed by atoms with Gasteiger partial charge in [-0.3, -0.25) is 19.3 Å². The maximum absolute atomic E-state index is 12.8. The zero-order chi connectivity index (χ0) is 23.8. The second-order valence-electron chi connectivity index (χ2n) is 7.00. The Bertz CT molecular complexity index is 999. The number of aliphatic imine (C=N–C) groups is 1.